The fraction of sp³-hybridized carbons (Fsp3) is 0.548. The Hall–Kier alpha value is -2.30. The summed E-state index contributed by atoms with van der Waals surface area (Å²) >= 11 is 0. The second kappa shape index (κ2) is 12.1. The zero-order chi connectivity index (χ0) is 25.5. The smallest absolute Gasteiger partial charge is 0.157 e. The maximum atomic E-state index is 12.6. The van der Waals surface area contributed by atoms with E-state index in [2.05, 4.69) is 67.7 Å². The minimum absolute atomic E-state index is 0.210. The van der Waals surface area contributed by atoms with Gasteiger partial charge in [0.15, 0.2) is 11.6 Å². The lowest BCUT2D eigenvalue weighted by molar-refractivity contribution is -0.125. The van der Waals surface area contributed by atoms with Gasteiger partial charge in [-0.05, 0) is 71.8 Å². The Morgan fingerprint density at radius 1 is 0.714 bits per heavy atom. The highest BCUT2D eigenvalue weighted by atomic mass is 16.1. The van der Waals surface area contributed by atoms with Crippen LogP contribution >= 0.6 is 0 Å². The lowest BCUT2D eigenvalue weighted by Crippen LogP contribution is -2.39. The maximum Gasteiger partial charge on any atom is 0.157 e. The molecule has 0 bridgehead atoms. The van der Waals surface area contributed by atoms with Gasteiger partial charge >= 0.3 is 0 Å². The Bertz CT molecular complexity index is 964. The SMILES string of the molecule is CNCC(=O)C1(c2ccc(C)cc2)CCCC1.Cc1ccc(C2(C(=O)CN(C)C)CCCC2)cc1. The van der Waals surface area contributed by atoms with Gasteiger partial charge in [-0.2, -0.15) is 0 Å². The molecule has 4 nitrogen and oxygen atoms in total. The maximum absolute atomic E-state index is 12.6. The lowest BCUT2D eigenvalue weighted by atomic mass is 9.75. The summed E-state index contributed by atoms with van der Waals surface area (Å²) in [5.41, 5.74) is 4.52. The van der Waals surface area contributed by atoms with E-state index in [1.54, 1.807) is 0 Å². The number of likely N-dealkylation sites (N-methyl/N-ethyl adjacent to an activating group) is 2. The van der Waals surface area contributed by atoms with Gasteiger partial charge in [0.25, 0.3) is 0 Å². The number of hydrogen-bond acceptors (Lipinski definition) is 4. The molecule has 0 atom stereocenters. The number of nitrogens with zero attached hydrogens (tertiary/aromatic N) is 1. The first-order chi connectivity index (χ1) is 16.7. The molecule has 2 fully saturated rings. The first-order valence-electron chi connectivity index (χ1n) is 13.2. The first kappa shape index (κ1) is 27.3. The molecule has 4 heteroatoms. The van der Waals surface area contributed by atoms with Gasteiger partial charge in [0, 0.05) is 0 Å². The quantitative estimate of drug-likeness (QED) is 0.544. The molecule has 190 valence electrons. The van der Waals surface area contributed by atoms with Gasteiger partial charge in [0.2, 0.25) is 0 Å². The van der Waals surface area contributed by atoms with Gasteiger partial charge in [-0.15, -0.1) is 0 Å². The van der Waals surface area contributed by atoms with Crippen molar-refractivity contribution in [3.8, 4) is 0 Å². The molecule has 0 unspecified atom stereocenters. The van der Waals surface area contributed by atoms with Crippen LogP contribution in [-0.4, -0.2) is 50.7 Å². The summed E-state index contributed by atoms with van der Waals surface area (Å²) in [5, 5.41) is 3.00. The summed E-state index contributed by atoms with van der Waals surface area (Å²) in [6.07, 6.45) is 8.74. The Balaban J connectivity index is 0.000000196. The Morgan fingerprint density at radius 3 is 1.43 bits per heavy atom. The van der Waals surface area contributed by atoms with E-state index < -0.39 is 0 Å². The van der Waals surface area contributed by atoms with Crippen LogP contribution < -0.4 is 5.32 Å². The van der Waals surface area contributed by atoms with Crippen LogP contribution in [0.4, 0.5) is 0 Å². The van der Waals surface area contributed by atoms with Crippen molar-refractivity contribution in [2.45, 2.75) is 76.0 Å². The Labute approximate surface area is 212 Å². The van der Waals surface area contributed by atoms with Crippen molar-refractivity contribution in [1.82, 2.24) is 10.2 Å². The molecule has 0 saturated heterocycles. The van der Waals surface area contributed by atoms with E-state index >= 15 is 0 Å². The fourth-order valence-electron chi connectivity index (χ4n) is 5.93. The number of benzene rings is 2. The zero-order valence-electron chi connectivity index (χ0n) is 22.5. The third-order valence-corrected chi connectivity index (χ3v) is 7.99. The fourth-order valence-corrected chi connectivity index (χ4v) is 5.93. The number of aryl methyl sites for hydroxylation is 2. The Morgan fingerprint density at radius 2 is 1.09 bits per heavy atom. The monoisotopic (exact) mass is 476 g/mol. The topological polar surface area (TPSA) is 49.4 Å². The number of rotatable bonds is 8. The lowest BCUT2D eigenvalue weighted by Gasteiger charge is -2.29. The number of nitrogens with one attached hydrogen (secondary N) is 1. The molecule has 0 aliphatic heterocycles. The van der Waals surface area contributed by atoms with Crippen LogP contribution in [0, 0.1) is 13.8 Å². The van der Waals surface area contributed by atoms with Crippen LogP contribution in [-0.2, 0) is 20.4 Å². The van der Waals surface area contributed by atoms with E-state index in [1.165, 1.54) is 47.9 Å². The molecule has 0 heterocycles. The van der Waals surface area contributed by atoms with Crippen molar-refractivity contribution in [2.24, 2.45) is 0 Å². The molecule has 2 aliphatic rings. The van der Waals surface area contributed by atoms with Gasteiger partial charge in [-0.1, -0.05) is 85.3 Å². The minimum atomic E-state index is -0.212. The van der Waals surface area contributed by atoms with E-state index in [0.29, 0.717) is 24.7 Å². The van der Waals surface area contributed by atoms with Crippen LogP contribution in [0.1, 0.15) is 73.6 Å². The molecule has 0 amide bonds. The normalized spacial score (nSPS) is 18.2. The third kappa shape index (κ3) is 6.29. The second-order valence-electron chi connectivity index (χ2n) is 10.9. The van der Waals surface area contributed by atoms with Gasteiger partial charge in [0.05, 0.1) is 23.9 Å². The summed E-state index contributed by atoms with van der Waals surface area (Å²) in [6.45, 7) is 5.20. The van der Waals surface area contributed by atoms with Gasteiger partial charge < -0.3 is 10.2 Å². The number of hydrogen-bond donors (Lipinski definition) is 1. The van der Waals surface area contributed by atoms with Crippen LogP contribution in [0.25, 0.3) is 0 Å². The largest absolute Gasteiger partial charge is 0.313 e. The molecule has 0 spiro atoms. The first-order valence-corrected chi connectivity index (χ1v) is 13.2. The number of carbonyl (C=O) groups excluding carboxylic acids is 2. The van der Waals surface area contributed by atoms with Crippen molar-refractivity contribution >= 4 is 11.6 Å². The summed E-state index contributed by atoms with van der Waals surface area (Å²) < 4.78 is 0. The molecule has 0 aromatic heterocycles. The molecule has 2 aliphatic carbocycles. The predicted octanol–water partition coefficient (Wildman–Crippen LogP) is 5.53. The van der Waals surface area contributed by atoms with Gasteiger partial charge in [-0.3, -0.25) is 9.59 Å². The molecule has 4 rings (SSSR count). The van der Waals surface area contributed by atoms with Crippen molar-refractivity contribution in [3.05, 3.63) is 70.8 Å². The van der Waals surface area contributed by atoms with E-state index in [-0.39, 0.29) is 10.8 Å². The molecule has 1 N–H and O–H groups in total. The van der Waals surface area contributed by atoms with E-state index in [9.17, 15) is 9.59 Å². The zero-order valence-corrected chi connectivity index (χ0v) is 22.5. The van der Waals surface area contributed by atoms with Crippen LogP contribution in [0.15, 0.2) is 48.5 Å². The highest BCUT2D eigenvalue weighted by Gasteiger charge is 2.42. The van der Waals surface area contributed by atoms with Crippen LogP contribution in [0.3, 0.4) is 0 Å². The predicted molar refractivity (Wildman–Crippen MR) is 145 cm³/mol. The number of ketones is 2. The molecular formula is C31H44N2O2. The molecule has 2 aromatic carbocycles. The average Bonchev–Trinajstić information content (AvgIpc) is 3.52. The minimum Gasteiger partial charge on any atom is -0.313 e. The van der Waals surface area contributed by atoms with Crippen LogP contribution in [0.5, 0.6) is 0 Å². The standard InChI is InChI=1S/C16H23NO.C15H21NO/c1-13-6-8-14(9-7-13)16(10-4-5-11-16)15(18)12-17(2)3;1-12-5-7-13(8-6-12)15(9-3-4-10-15)14(17)11-16-2/h6-9H,4-5,10-12H2,1-3H3;5-8,16H,3-4,9-11H2,1-2H3. The van der Waals surface area contributed by atoms with Gasteiger partial charge in [0.1, 0.15) is 0 Å². The molecule has 2 saturated carbocycles. The highest BCUT2D eigenvalue weighted by Crippen LogP contribution is 2.43. The molecule has 35 heavy (non-hydrogen) atoms. The van der Waals surface area contributed by atoms with Crippen molar-refractivity contribution in [1.29, 1.82) is 0 Å². The van der Waals surface area contributed by atoms with Crippen LogP contribution in [0.2, 0.25) is 0 Å². The molecule has 2 aromatic rings. The number of carbonyl (C=O) groups is 2. The van der Waals surface area contributed by atoms with E-state index in [1.807, 2.05) is 26.0 Å². The molecule has 0 radical (unpaired) electrons. The van der Waals surface area contributed by atoms with Crippen molar-refractivity contribution in [2.75, 3.05) is 34.2 Å². The van der Waals surface area contributed by atoms with Crippen molar-refractivity contribution < 1.29 is 9.59 Å². The third-order valence-electron chi connectivity index (χ3n) is 7.99. The summed E-state index contributed by atoms with van der Waals surface area (Å²) in [5.74, 6) is 0.732. The Kier molecular flexibility index (Phi) is 9.43. The average molecular weight is 477 g/mol. The van der Waals surface area contributed by atoms with E-state index in [0.717, 1.165) is 25.7 Å². The van der Waals surface area contributed by atoms with Crippen molar-refractivity contribution in [3.63, 3.8) is 0 Å². The van der Waals surface area contributed by atoms with E-state index in [4.69, 9.17) is 0 Å². The second-order valence-corrected chi connectivity index (χ2v) is 10.9. The molecular weight excluding hydrogens is 432 g/mol. The summed E-state index contributed by atoms with van der Waals surface area (Å²) in [4.78, 5) is 27.0. The highest BCUT2D eigenvalue weighted by molar-refractivity contribution is 5.92. The number of Topliss-reactive ketones (excluding diaryl/α,β-unsaturated/α-hetero) is 2. The summed E-state index contributed by atoms with van der Waals surface area (Å²) in [7, 11) is 5.78. The summed E-state index contributed by atoms with van der Waals surface area (Å²) in [6, 6.07) is 17.0. The van der Waals surface area contributed by atoms with Gasteiger partial charge in [-0.25, -0.2) is 0 Å².